The van der Waals surface area contributed by atoms with Crippen molar-refractivity contribution >= 4 is 39.8 Å². The molecule has 7 rings (SSSR count). The van der Waals surface area contributed by atoms with Gasteiger partial charge in [-0.25, -0.2) is 0 Å². The average molecular weight is 765 g/mol. The van der Waals surface area contributed by atoms with Gasteiger partial charge in [0.2, 0.25) is 0 Å². The van der Waals surface area contributed by atoms with Crippen LogP contribution in [-0.4, -0.2) is 14.2 Å². The summed E-state index contributed by atoms with van der Waals surface area (Å²) in [5.74, 6) is 4.13. The van der Waals surface area contributed by atoms with E-state index in [1.54, 1.807) is 26.4 Å². The second kappa shape index (κ2) is 17.7. The predicted octanol–water partition coefficient (Wildman–Crippen LogP) is 12.6. The zero-order chi connectivity index (χ0) is 40.4. The SMILES string of the molecule is C=C(N)/C=C\C(=C)Oc1ccc(N(c2ccc(OC)cc2)c2ccc(-c3ccc(N(c4ccc(OC)cc4)c4ccc(Oc5ccc(N)cc5)cc4)cc3)cc2)cc1. The van der Waals surface area contributed by atoms with E-state index in [1.165, 1.54) is 0 Å². The van der Waals surface area contributed by atoms with Gasteiger partial charge in [-0.1, -0.05) is 37.4 Å². The standard InChI is InChI=1S/C50H44N4O4/c1-35(51)5-6-36(2)57-48-31-21-44(22-32-48)53(42-17-27-46(55-3)28-18-42)40-13-7-37(8-14-40)38-9-15-41(16-10-38)54(43-19-29-47(56-4)30-20-43)45-23-33-50(34-24-45)58-49-25-11-39(52)12-26-49/h5-34H,1-2,51-52H2,3-4H3/b6-5-. The maximum Gasteiger partial charge on any atom is 0.127 e. The van der Waals surface area contributed by atoms with Crippen LogP contribution in [0.15, 0.2) is 207 Å². The quantitative estimate of drug-likeness (QED) is 0.0605. The van der Waals surface area contributed by atoms with Crippen LogP contribution in [0.1, 0.15) is 0 Å². The Labute approximate surface area is 339 Å². The molecule has 0 unspecified atom stereocenters. The second-order valence-corrected chi connectivity index (χ2v) is 13.3. The highest BCUT2D eigenvalue weighted by Crippen LogP contribution is 2.40. The van der Waals surface area contributed by atoms with Crippen LogP contribution in [0.25, 0.3) is 11.1 Å². The Kier molecular flexibility index (Phi) is 11.8. The molecule has 0 amide bonds. The Morgan fingerprint density at radius 1 is 0.431 bits per heavy atom. The average Bonchev–Trinajstić information content (AvgIpc) is 3.26. The maximum atomic E-state index is 6.07. The van der Waals surface area contributed by atoms with Crippen molar-refractivity contribution in [1.82, 2.24) is 0 Å². The third-order valence-corrected chi connectivity index (χ3v) is 9.28. The van der Waals surface area contributed by atoms with Gasteiger partial charge in [0.15, 0.2) is 0 Å². The fraction of sp³-hybridized carbons (Fsp3) is 0.0400. The predicted molar refractivity (Wildman–Crippen MR) is 238 cm³/mol. The smallest absolute Gasteiger partial charge is 0.127 e. The Morgan fingerprint density at radius 3 is 1.09 bits per heavy atom. The molecule has 0 aliphatic rings. The molecule has 0 fully saturated rings. The van der Waals surface area contributed by atoms with Crippen LogP contribution in [-0.2, 0) is 0 Å². The van der Waals surface area contributed by atoms with Gasteiger partial charge in [-0.15, -0.1) is 0 Å². The molecule has 288 valence electrons. The van der Waals surface area contributed by atoms with Crippen molar-refractivity contribution in [3.8, 4) is 39.9 Å². The second-order valence-electron chi connectivity index (χ2n) is 13.3. The van der Waals surface area contributed by atoms with Gasteiger partial charge in [0.05, 0.1) is 14.2 Å². The molecule has 0 saturated carbocycles. The third kappa shape index (κ3) is 9.33. The molecule has 7 aromatic rings. The van der Waals surface area contributed by atoms with E-state index in [1.807, 2.05) is 121 Å². The van der Waals surface area contributed by atoms with Crippen molar-refractivity contribution in [2.75, 3.05) is 29.8 Å². The van der Waals surface area contributed by atoms with Crippen molar-refractivity contribution in [1.29, 1.82) is 0 Å². The Morgan fingerprint density at radius 2 is 0.741 bits per heavy atom. The minimum atomic E-state index is 0.426. The van der Waals surface area contributed by atoms with Crippen LogP contribution in [0, 0.1) is 0 Å². The van der Waals surface area contributed by atoms with Crippen molar-refractivity contribution in [2.24, 2.45) is 5.73 Å². The summed E-state index contributed by atoms with van der Waals surface area (Å²) >= 11 is 0. The number of benzene rings is 7. The molecule has 0 spiro atoms. The number of nitrogens with zero attached hydrogens (tertiary/aromatic N) is 2. The summed E-state index contributed by atoms with van der Waals surface area (Å²) in [7, 11) is 3.33. The van der Waals surface area contributed by atoms with Gasteiger partial charge in [-0.3, -0.25) is 0 Å². The van der Waals surface area contributed by atoms with Gasteiger partial charge in [0.25, 0.3) is 0 Å². The number of rotatable bonds is 15. The molecule has 0 aromatic heterocycles. The van der Waals surface area contributed by atoms with Gasteiger partial charge in [0.1, 0.15) is 34.5 Å². The van der Waals surface area contributed by atoms with Gasteiger partial charge < -0.3 is 40.2 Å². The lowest BCUT2D eigenvalue weighted by molar-refractivity contribution is 0.414. The molecule has 0 heterocycles. The molecule has 0 atom stereocenters. The molecule has 0 aliphatic carbocycles. The van der Waals surface area contributed by atoms with E-state index < -0.39 is 0 Å². The lowest BCUT2D eigenvalue weighted by Crippen LogP contribution is -2.10. The van der Waals surface area contributed by atoms with Crippen LogP contribution in [0.2, 0.25) is 0 Å². The zero-order valence-corrected chi connectivity index (χ0v) is 32.4. The van der Waals surface area contributed by atoms with E-state index in [9.17, 15) is 0 Å². The van der Waals surface area contributed by atoms with Gasteiger partial charge >= 0.3 is 0 Å². The summed E-state index contributed by atoms with van der Waals surface area (Å²) in [5.41, 5.74) is 20.7. The number of allylic oxidation sites excluding steroid dienone is 2. The molecule has 0 saturated heterocycles. The lowest BCUT2D eigenvalue weighted by atomic mass is 10.0. The maximum absolute atomic E-state index is 6.07. The van der Waals surface area contributed by atoms with E-state index in [4.69, 9.17) is 30.4 Å². The summed E-state index contributed by atoms with van der Waals surface area (Å²) in [6.45, 7) is 7.62. The summed E-state index contributed by atoms with van der Waals surface area (Å²) in [6, 6.07) is 56.3. The Bertz CT molecular complexity index is 2480. The van der Waals surface area contributed by atoms with Gasteiger partial charge in [-0.05, 0) is 169 Å². The van der Waals surface area contributed by atoms with Gasteiger partial charge in [0, 0.05) is 45.5 Å². The first kappa shape index (κ1) is 38.4. The number of nitrogen functional groups attached to an aromatic ring is 1. The van der Waals surface area contributed by atoms with Crippen molar-refractivity contribution in [3.05, 3.63) is 207 Å². The van der Waals surface area contributed by atoms with E-state index in [-0.39, 0.29) is 0 Å². The molecule has 0 radical (unpaired) electrons. The number of ether oxygens (including phenoxy) is 4. The molecule has 0 aliphatic heterocycles. The Hall–Kier alpha value is -7.84. The van der Waals surface area contributed by atoms with E-state index in [0.29, 0.717) is 22.9 Å². The minimum Gasteiger partial charge on any atom is -0.497 e. The first-order valence-corrected chi connectivity index (χ1v) is 18.6. The first-order valence-electron chi connectivity index (χ1n) is 18.6. The highest BCUT2D eigenvalue weighted by molar-refractivity contribution is 5.81. The molecule has 0 bridgehead atoms. The monoisotopic (exact) mass is 764 g/mol. The van der Waals surface area contributed by atoms with Crippen molar-refractivity contribution in [3.63, 3.8) is 0 Å². The fourth-order valence-electron chi connectivity index (χ4n) is 6.35. The van der Waals surface area contributed by atoms with Crippen LogP contribution in [0.4, 0.5) is 39.8 Å². The van der Waals surface area contributed by atoms with Crippen LogP contribution < -0.4 is 40.2 Å². The minimum absolute atomic E-state index is 0.426. The molecule has 58 heavy (non-hydrogen) atoms. The normalized spacial score (nSPS) is 10.8. The number of nitrogens with two attached hydrogens (primary N) is 2. The van der Waals surface area contributed by atoms with E-state index in [0.717, 1.165) is 68.2 Å². The van der Waals surface area contributed by atoms with Crippen molar-refractivity contribution in [2.45, 2.75) is 0 Å². The van der Waals surface area contributed by atoms with Crippen molar-refractivity contribution < 1.29 is 18.9 Å². The molecule has 8 heteroatoms. The highest BCUT2D eigenvalue weighted by atomic mass is 16.5. The number of hydrogen-bond acceptors (Lipinski definition) is 8. The fourth-order valence-corrected chi connectivity index (χ4v) is 6.35. The lowest BCUT2D eigenvalue weighted by Gasteiger charge is -2.26. The zero-order valence-electron chi connectivity index (χ0n) is 32.4. The molecular weight excluding hydrogens is 721 g/mol. The van der Waals surface area contributed by atoms with E-state index in [2.05, 4.69) is 71.5 Å². The number of anilines is 7. The summed E-state index contributed by atoms with van der Waals surface area (Å²) in [6.07, 6.45) is 3.34. The highest BCUT2D eigenvalue weighted by Gasteiger charge is 2.16. The summed E-state index contributed by atoms with van der Waals surface area (Å²) in [5, 5.41) is 0. The van der Waals surface area contributed by atoms with E-state index >= 15 is 0 Å². The Balaban J connectivity index is 1.14. The molecule has 7 aromatic carbocycles. The third-order valence-electron chi connectivity index (χ3n) is 9.28. The molecule has 4 N–H and O–H groups in total. The van der Waals surface area contributed by atoms with Gasteiger partial charge in [-0.2, -0.15) is 0 Å². The molecule has 8 nitrogen and oxygen atoms in total. The van der Waals surface area contributed by atoms with Crippen LogP contribution in [0.5, 0.6) is 28.7 Å². The van der Waals surface area contributed by atoms with Crippen LogP contribution in [0.3, 0.4) is 0 Å². The topological polar surface area (TPSA) is 95.4 Å². The summed E-state index contributed by atoms with van der Waals surface area (Å²) in [4.78, 5) is 4.38. The first-order chi connectivity index (χ1) is 28.3. The number of hydrogen-bond donors (Lipinski definition) is 2. The molecular formula is C50H44N4O4. The summed E-state index contributed by atoms with van der Waals surface area (Å²) < 4.78 is 22.9. The van der Waals surface area contributed by atoms with Crippen LogP contribution >= 0.6 is 0 Å². The largest absolute Gasteiger partial charge is 0.497 e. The number of methoxy groups -OCH3 is 2.